The number of hydrogen-bond acceptors (Lipinski definition) is 7. The largest absolute Gasteiger partial charge is 0.465 e. The van der Waals surface area contributed by atoms with Gasteiger partial charge in [-0.15, -0.1) is 0 Å². The number of hydrogen-bond donors (Lipinski definition) is 1. The molecule has 0 amide bonds. The van der Waals surface area contributed by atoms with Crippen molar-refractivity contribution in [1.29, 1.82) is 0 Å². The van der Waals surface area contributed by atoms with Crippen LogP contribution >= 0.6 is 0 Å². The van der Waals surface area contributed by atoms with Crippen LogP contribution in [0.5, 0.6) is 0 Å². The normalized spacial score (nSPS) is 26.1. The number of epoxide rings is 2. The van der Waals surface area contributed by atoms with Gasteiger partial charge in [-0.1, -0.05) is 127 Å². The molecular weight excluding hydrogens is 592 g/mol. The van der Waals surface area contributed by atoms with E-state index in [2.05, 4.69) is 13.5 Å². The minimum absolute atomic E-state index is 0.0644. The van der Waals surface area contributed by atoms with Crippen molar-refractivity contribution in [1.82, 2.24) is 0 Å². The maximum absolute atomic E-state index is 12.9. The summed E-state index contributed by atoms with van der Waals surface area (Å²) in [6.45, 7) is 12.6. The minimum atomic E-state index is -0.977. The van der Waals surface area contributed by atoms with Crippen molar-refractivity contribution < 1.29 is 33.6 Å². The summed E-state index contributed by atoms with van der Waals surface area (Å²) < 4.78 is 23.3. The average molecular weight is 659 g/mol. The first-order chi connectivity index (χ1) is 22.5. The fourth-order valence-electron chi connectivity index (χ4n) is 7.05. The molecule has 0 radical (unpaired) electrons. The highest BCUT2D eigenvalue weighted by molar-refractivity contribution is 5.69. The molecule has 2 saturated heterocycles. The Kier molecular flexibility index (Phi) is 17.2. The van der Waals surface area contributed by atoms with Crippen molar-refractivity contribution in [2.75, 3.05) is 19.8 Å². The summed E-state index contributed by atoms with van der Waals surface area (Å²) in [6.07, 6.45) is 27.6. The molecule has 1 spiro atoms. The van der Waals surface area contributed by atoms with Crippen molar-refractivity contribution >= 4 is 11.9 Å². The van der Waals surface area contributed by atoms with Crippen molar-refractivity contribution in [2.45, 2.75) is 173 Å². The van der Waals surface area contributed by atoms with E-state index in [1.807, 2.05) is 12.2 Å². The van der Waals surface area contributed by atoms with Crippen LogP contribution in [-0.4, -0.2) is 60.3 Å². The molecule has 7 heteroatoms. The van der Waals surface area contributed by atoms with E-state index in [4.69, 9.17) is 18.9 Å². The van der Waals surface area contributed by atoms with Gasteiger partial charge in [0.2, 0.25) is 0 Å². The lowest BCUT2D eigenvalue weighted by Crippen LogP contribution is -2.28. The van der Waals surface area contributed by atoms with Crippen LogP contribution in [0.2, 0.25) is 0 Å². The van der Waals surface area contributed by atoms with Gasteiger partial charge in [0, 0.05) is 19.3 Å². The number of fused-ring (bicyclic) bond motifs is 2. The van der Waals surface area contributed by atoms with E-state index in [0.29, 0.717) is 19.4 Å². The Labute approximate surface area is 285 Å². The van der Waals surface area contributed by atoms with Gasteiger partial charge in [-0.25, -0.2) is 0 Å². The fourth-order valence-corrected chi connectivity index (χ4v) is 7.05. The van der Waals surface area contributed by atoms with Crippen LogP contribution in [0.4, 0.5) is 0 Å². The summed E-state index contributed by atoms with van der Waals surface area (Å²) in [6, 6.07) is 0. The first-order valence-corrected chi connectivity index (χ1v) is 18.9. The van der Waals surface area contributed by atoms with Gasteiger partial charge in [0.1, 0.15) is 18.3 Å². The van der Waals surface area contributed by atoms with Gasteiger partial charge in [-0.2, -0.15) is 0 Å². The lowest BCUT2D eigenvalue weighted by atomic mass is 9.77. The second-order valence-corrected chi connectivity index (χ2v) is 15.0. The van der Waals surface area contributed by atoms with E-state index in [9.17, 15) is 14.7 Å². The van der Waals surface area contributed by atoms with Gasteiger partial charge in [-0.05, 0) is 51.0 Å². The molecule has 1 unspecified atom stereocenters. The maximum Gasteiger partial charge on any atom is 0.306 e. The molecule has 47 heavy (non-hydrogen) atoms. The lowest BCUT2D eigenvalue weighted by Gasteiger charge is -2.31. The third-order valence-electron chi connectivity index (χ3n) is 10.1. The molecule has 0 aromatic rings. The molecule has 0 aromatic heterocycles. The standard InChI is InChI=1S/C40H66O7/c1-6-7-8-9-10-11-12-13-14-15-16-17-18-19-20-23-37(42)45-28-33(22-21-25-39(4,5)43)34-24-26-40(30-46-40)38-36(47-38)27-31(2)35(34)29-44-32(3)41/h21-22,25,34-36,38,43H,2,6-20,23-24,26-30H2,1,3-5H3/b25-21+,33-22-/t34?,35-,36+,38+,40+/m0/s1. The Morgan fingerprint density at radius 1 is 0.957 bits per heavy atom. The van der Waals surface area contributed by atoms with Gasteiger partial charge >= 0.3 is 11.9 Å². The van der Waals surface area contributed by atoms with E-state index in [1.54, 1.807) is 19.9 Å². The summed E-state index contributed by atoms with van der Waals surface area (Å²) >= 11 is 0. The SMILES string of the molecule is C=C1C[C@H]2O[C@H]2[C@@]2(CCC(/C(=C\C=C\C(C)(C)O)COC(=O)CCCCCCCCCCCCCCCCC)[C@H]1COC(C)=O)CO2. The summed E-state index contributed by atoms with van der Waals surface area (Å²) in [4.78, 5) is 24.7. The Morgan fingerprint density at radius 2 is 1.53 bits per heavy atom. The topological polar surface area (TPSA) is 97.9 Å². The zero-order valence-corrected chi connectivity index (χ0v) is 30.2. The van der Waals surface area contributed by atoms with Gasteiger partial charge in [-0.3, -0.25) is 9.59 Å². The first kappa shape index (κ1) is 39.5. The highest BCUT2D eigenvalue weighted by Gasteiger charge is 2.63. The molecule has 0 aromatic carbocycles. The number of aliphatic hydroxyl groups is 1. The number of unbranched alkanes of at least 4 members (excludes halogenated alkanes) is 14. The van der Waals surface area contributed by atoms with E-state index >= 15 is 0 Å². The molecule has 3 fully saturated rings. The Morgan fingerprint density at radius 3 is 2.06 bits per heavy atom. The highest BCUT2D eigenvalue weighted by Crippen LogP contribution is 2.52. The summed E-state index contributed by atoms with van der Waals surface area (Å²) in [5, 5.41) is 10.3. The molecular formula is C40H66O7. The Bertz CT molecular complexity index is 1020. The van der Waals surface area contributed by atoms with Crippen LogP contribution in [0.15, 0.2) is 36.0 Å². The van der Waals surface area contributed by atoms with Crippen LogP contribution in [0, 0.1) is 11.8 Å². The van der Waals surface area contributed by atoms with Crippen LogP contribution in [0.1, 0.15) is 150 Å². The van der Waals surface area contributed by atoms with Crippen molar-refractivity contribution in [3.63, 3.8) is 0 Å². The van der Waals surface area contributed by atoms with Crippen LogP contribution in [0.3, 0.4) is 0 Å². The van der Waals surface area contributed by atoms with Crippen molar-refractivity contribution in [3.05, 3.63) is 36.0 Å². The Hall–Kier alpha value is -1.96. The minimum Gasteiger partial charge on any atom is -0.465 e. The van der Waals surface area contributed by atoms with E-state index in [0.717, 1.165) is 43.3 Å². The number of rotatable bonds is 23. The summed E-state index contributed by atoms with van der Waals surface area (Å²) in [7, 11) is 0. The molecule has 0 bridgehead atoms. The first-order valence-electron chi connectivity index (χ1n) is 18.9. The van der Waals surface area contributed by atoms with Crippen LogP contribution < -0.4 is 0 Å². The number of carbonyl (C=O) groups excluding carboxylic acids is 2. The predicted octanol–water partition coefficient (Wildman–Crippen LogP) is 9.12. The molecule has 3 aliphatic rings. The second kappa shape index (κ2) is 20.5. The van der Waals surface area contributed by atoms with Crippen molar-refractivity contribution in [2.24, 2.45) is 11.8 Å². The summed E-state index contributed by atoms with van der Waals surface area (Å²) in [5.41, 5.74) is 0.678. The molecule has 3 rings (SSSR count). The molecule has 1 N–H and O–H groups in total. The van der Waals surface area contributed by atoms with Crippen LogP contribution in [0.25, 0.3) is 0 Å². The van der Waals surface area contributed by atoms with Gasteiger partial charge < -0.3 is 24.1 Å². The average Bonchev–Trinajstić information content (AvgIpc) is 3.94. The quantitative estimate of drug-likeness (QED) is 0.0384. The lowest BCUT2D eigenvalue weighted by molar-refractivity contribution is -0.143. The molecule has 268 valence electrons. The van der Waals surface area contributed by atoms with E-state index in [1.165, 1.54) is 84.0 Å². The smallest absolute Gasteiger partial charge is 0.306 e. The molecule has 1 saturated carbocycles. The number of carbonyl (C=O) groups is 2. The molecule has 2 heterocycles. The Balaban J connectivity index is 1.45. The molecule has 2 aliphatic heterocycles. The third kappa shape index (κ3) is 15.4. The molecule has 1 aliphatic carbocycles. The monoisotopic (exact) mass is 658 g/mol. The predicted molar refractivity (Wildman–Crippen MR) is 188 cm³/mol. The van der Waals surface area contributed by atoms with Crippen molar-refractivity contribution in [3.8, 4) is 0 Å². The summed E-state index contributed by atoms with van der Waals surface area (Å²) in [5.74, 6) is -0.729. The van der Waals surface area contributed by atoms with Gasteiger partial charge in [0.05, 0.1) is 24.9 Å². The third-order valence-corrected chi connectivity index (χ3v) is 10.1. The van der Waals surface area contributed by atoms with Gasteiger partial charge in [0.25, 0.3) is 0 Å². The van der Waals surface area contributed by atoms with E-state index in [-0.39, 0.29) is 54.8 Å². The number of ether oxygens (including phenoxy) is 4. The number of allylic oxidation sites excluding steroid dienone is 2. The maximum atomic E-state index is 12.9. The zero-order valence-electron chi connectivity index (χ0n) is 30.2. The molecule has 7 nitrogen and oxygen atoms in total. The van der Waals surface area contributed by atoms with Crippen LogP contribution in [-0.2, 0) is 28.5 Å². The van der Waals surface area contributed by atoms with E-state index < -0.39 is 5.60 Å². The number of esters is 2. The molecule has 5 atom stereocenters. The fraction of sp³-hybridized carbons (Fsp3) is 0.800. The zero-order chi connectivity index (χ0) is 34.1. The second-order valence-electron chi connectivity index (χ2n) is 15.0. The highest BCUT2D eigenvalue weighted by atomic mass is 16.7. The van der Waals surface area contributed by atoms with Gasteiger partial charge in [0.15, 0.2) is 0 Å².